The fourth-order valence-corrected chi connectivity index (χ4v) is 2.72. The molecule has 2 N–H and O–H groups in total. The van der Waals surface area contributed by atoms with Crippen LogP contribution in [0.3, 0.4) is 0 Å². The van der Waals surface area contributed by atoms with E-state index in [0.29, 0.717) is 11.3 Å². The third-order valence-electron chi connectivity index (χ3n) is 4.09. The monoisotopic (exact) mass is 345 g/mol. The minimum atomic E-state index is -0.126. The zero-order valence-electron chi connectivity index (χ0n) is 14.9. The van der Waals surface area contributed by atoms with E-state index in [1.54, 1.807) is 12.3 Å². The molecule has 0 bridgehead atoms. The van der Waals surface area contributed by atoms with Crippen LogP contribution in [0.2, 0.25) is 0 Å². The van der Waals surface area contributed by atoms with Crippen molar-refractivity contribution in [2.24, 2.45) is 0 Å². The molecule has 26 heavy (non-hydrogen) atoms. The Balaban J connectivity index is 1.46. The maximum absolute atomic E-state index is 12.2. The van der Waals surface area contributed by atoms with Crippen LogP contribution in [0, 0.1) is 6.92 Å². The number of nitrogens with one attached hydrogen (secondary N) is 2. The molecule has 1 heterocycles. The van der Waals surface area contributed by atoms with Gasteiger partial charge < -0.3 is 10.6 Å². The second-order valence-electron chi connectivity index (χ2n) is 6.27. The van der Waals surface area contributed by atoms with Crippen LogP contribution in [0.25, 0.3) is 0 Å². The average molecular weight is 345 g/mol. The molecule has 4 heteroatoms. The summed E-state index contributed by atoms with van der Waals surface area (Å²) >= 11 is 0. The van der Waals surface area contributed by atoms with Gasteiger partial charge in [-0.15, -0.1) is 0 Å². The Hall–Kier alpha value is -3.14. The Morgan fingerprint density at radius 1 is 1.00 bits per heavy atom. The van der Waals surface area contributed by atoms with E-state index in [1.165, 1.54) is 5.56 Å². The van der Waals surface area contributed by atoms with Crippen molar-refractivity contribution >= 4 is 17.4 Å². The van der Waals surface area contributed by atoms with Crippen molar-refractivity contribution in [3.05, 3.63) is 89.6 Å². The summed E-state index contributed by atoms with van der Waals surface area (Å²) in [6.07, 6.45) is 3.75. The van der Waals surface area contributed by atoms with Gasteiger partial charge in [0, 0.05) is 12.1 Å². The molecule has 2 aromatic carbocycles. The van der Waals surface area contributed by atoms with Crippen LogP contribution in [0.4, 0.5) is 11.5 Å². The summed E-state index contributed by atoms with van der Waals surface area (Å²) in [7, 11) is 0. The zero-order chi connectivity index (χ0) is 18.2. The predicted octanol–water partition coefficient (Wildman–Crippen LogP) is 4.69. The van der Waals surface area contributed by atoms with Crippen LogP contribution in [-0.2, 0) is 6.42 Å². The minimum absolute atomic E-state index is 0.126. The topological polar surface area (TPSA) is 54.0 Å². The quantitative estimate of drug-likeness (QED) is 0.611. The van der Waals surface area contributed by atoms with Crippen LogP contribution >= 0.6 is 0 Å². The Bertz CT molecular complexity index is 845. The van der Waals surface area contributed by atoms with Crippen molar-refractivity contribution < 1.29 is 4.79 Å². The van der Waals surface area contributed by atoms with Gasteiger partial charge in [-0.05, 0) is 49.6 Å². The molecule has 0 saturated carbocycles. The first-order valence-electron chi connectivity index (χ1n) is 8.82. The van der Waals surface area contributed by atoms with E-state index in [-0.39, 0.29) is 5.91 Å². The Morgan fingerprint density at radius 2 is 1.85 bits per heavy atom. The maximum Gasteiger partial charge on any atom is 0.255 e. The lowest BCUT2D eigenvalue weighted by atomic mass is 10.1. The SMILES string of the molecule is Cc1cccc(C(=O)Nc2ccc(NCCCc3ccccc3)nc2)c1. The number of carbonyl (C=O) groups excluding carboxylic acids is 1. The molecule has 1 amide bonds. The van der Waals surface area contributed by atoms with Gasteiger partial charge in [-0.2, -0.15) is 0 Å². The van der Waals surface area contributed by atoms with E-state index in [0.717, 1.165) is 30.8 Å². The third-order valence-corrected chi connectivity index (χ3v) is 4.09. The van der Waals surface area contributed by atoms with Crippen molar-refractivity contribution in [1.29, 1.82) is 0 Å². The highest BCUT2D eigenvalue weighted by molar-refractivity contribution is 6.04. The second kappa shape index (κ2) is 8.81. The molecule has 0 radical (unpaired) electrons. The van der Waals surface area contributed by atoms with Crippen LogP contribution in [-0.4, -0.2) is 17.4 Å². The van der Waals surface area contributed by atoms with Gasteiger partial charge in [-0.25, -0.2) is 4.98 Å². The number of pyridine rings is 1. The molecule has 0 spiro atoms. The minimum Gasteiger partial charge on any atom is -0.370 e. The van der Waals surface area contributed by atoms with Gasteiger partial charge in [0.15, 0.2) is 0 Å². The van der Waals surface area contributed by atoms with Crippen LogP contribution in [0.5, 0.6) is 0 Å². The molecule has 132 valence electrons. The van der Waals surface area contributed by atoms with E-state index in [1.807, 2.05) is 43.3 Å². The second-order valence-corrected chi connectivity index (χ2v) is 6.27. The molecular weight excluding hydrogens is 322 g/mol. The Morgan fingerprint density at radius 3 is 2.58 bits per heavy atom. The summed E-state index contributed by atoms with van der Waals surface area (Å²) < 4.78 is 0. The molecule has 0 aliphatic rings. The van der Waals surface area contributed by atoms with Crippen molar-refractivity contribution in [2.45, 2.75) is 19.8 Å². The number of anilines is 2. The van der Waals surface area contributed by atoms with Gasteiger partial charge >= 0.3 is 0 Å². The van der Waals surface area contributed by atoms with E-state index in [2.05, 4.69) is 39.9 Å². The highest BCUT2D eigenvalue weighted by Crippen LogP contribution is 2.12. The number of amides is 1. The summed E-state index contributed by atoms with van der Waals surface area (Å²) in [5.41, 5.74) is 3.74. The third kappa shape index (κ3) is 5.18. The molecule has 0 fully saturated rings. The average Bonchev–Trinajstić information content (AvgIpc) is 2.67. The largest absolute Gasteiger partial charge is 0.370 e. The van der Waals surface area contributed by atoms with Crippen molar-refractivity contribution in [3.63, 3.8) is 0 Å². The highest BCUT2D eigenvalue weighted by atomic mass is 16.1. The highest BCUT2D eigenvalue weighted by Gasteiger charge is 2.06. The van der Waals surface area contributed by atoms with E-state index < -0.39 is 0 Å². The zero-order valence-corrected chi connectivity index (χ0v) is 14.9. The molecule has 0 aliphatic heterocycles. The van der Waals surface area contributed by atoms with Crippen LogP contribution in [0.1, 0.15) is 27.9 Å². The first-order chi connectivity index (χ1) is 12.7. The first-order valence-corrected chi connectivity index (χ1v) is 8.82. The predicted molar refractivity (Wildman–Crippen MR) is 107 cm³/mol. The molecule has 4 nitrogen and oxygen atoms in total. The Labute approximate surface area is 154 Å². The number of hydrogen-bond donors (Lipinski definition) is 2. The number of rotatable bonds is 7. The maximum atomic E-state index is 12.2. The summed E-state index contributed by atoms with van der Waals surface area (Å²) in [5.74, 6) is 0.686. The van der Waals surface area contributed by atoms with Gasteiger partial charge in [-0.1, -0.05) is 48.0 Å². The van der Waals surface area contributed by atoms with Gasteiger partial charge in [0.25, 0.3) is 5.91 Å². The lowest BCUT2D eigenvalue weighted by Gasteiger charge is -2.08. The Kier molecular flexibility index (Phi) is 5.99. The summed E-state index contributed by atoms with van der Waals surface area (Å²) in [5, 5.41) is 6.18. The first kappa shape index (κ1) is 17.7. The number of benzene rings is 2. The normalized spacial score (nSPS) is 10.3. The lowest BCUT2D eigenvalue weighted by Crippen LogP contribution is -2.12. The molecule has 1 aromatic heterocycles. The van der Waals surface area contributed by atoms with Gasteiger partial charge in [0.1, 0.15) is 5.82 Å². The van der Waals surface area contributed by atoms with Gasteiger partial charge in [-0.3, -0.25) is 4.79 Å². The van der Waals surface area contributed by atoms with Gasteiger partial charge in [0.2, 0.25) is 0 Å². The number of aryl methyl sites for hydroxylation is 2. The van der Waals surface area contributed by atoms with Crippen molar-refractivity contribution in [2.75, 3.05) is 17.2 Å². The fourth-order valence-electron chi connectivity index (χ4n) is 2.72. The van der Waals surface area contributed by atoms with Crippen LogP contribution < -0.4 is 10.6 Å². The summed E-state index contributed by atoms with van der Waals surface area (Å²) in [6, 6.07) is 21.7. The van der Waals surface area contributed by atoms with Gasteiger partial charge in [0.05, 0.1) is 11.9 Å². The molecule has 3 rings (SSSR count). The lowest BCUT2D eigenvalue weighted by molar-refractivity contribution is 0.102. The number of aromatic nitrogens is 1. The number of nitrogens with zero attached hydrogens (tertiary/aromatic N) is 1. The van der Waals surface area contributed by atoms with Crippen molar-refractivity contribution in [1.82, 2.24) is 4.98 Å². The van der Waals surface area contributed by atoms with E-state index in [9.17, 15) is 4.79 Å². The van der Waals surface area contributed by atoms with Crippen LogP contribution in [0.15, 0.2) is 72.9 Å². The number of carbonyl (C=O) groups is 1. The fraction of sp³-hybridized carbons (Fsp3) is 0.182. The van der Waals surface area contributed by atoms with Crippen molar-refractivity contribution in [3.8, 4) is 0 Å². The summed E-state index contributed by atoms with van der Waals surface area (Å²) in [6.45, 7) is 2.83. The smallest absolute Gasteiger partial charge is 0.255 e. The summed E-state index contributed by atoms with van der Waals surface area (Å²) in [4.78, 5) is 16.6. The van der Waals surface area contributed by atoms with E-state index >= 15 is 0 Å². The molecular formula is C22H23N3O. The molecule has 0 atom stereocenters. The standard InChI is InChI=1S/C22H23N3O/c1-17-7-5-11-19(15-17)22(26)25-20-12-13-21(24-16-20)23-14-6-10-18-8-3-2-4-9-18/h2-5,7-9,11-13,15-16H,6,10,14H2,1H3,(H,23,24)(H,25,26). The molecule has 0 saturated heterocycles. The molecule has 3 aromatic rings. The van der Waals surface area contributed by atoms with E-state index in [4.69, 9.17) is 0 Å². The number of hydrogen-bond acceptors (Lipinski definition) is 3. The molecule has 0 aliphatic carbocycles. The molecule has 0 unspecified atom stereocenters.